The molecule has 2 amide bonds. The third-order valence-electron chi connectivity index (χ3n) is 4.34. The molecule has 0 atom stereocenters. The highest BCUT2D eigenvalue weighted by Gasteiger charge is 2.33. The van der Waals surface area contributed by atoms with Gasteiger partial charge in [-0.1, -0.05) is 24.0 Å². The van der Waals surface area contributed by atoms with E-state index in [1.165, 1.54) is 22.7 Å². The van der Waals surface area contributed by atoms with E-state index in [1.54, 1.807) is 30.3 Å². The Morgan fingerprint density at radius 3 is 2.83 bits per heavy atom. The molecule has 1 aliphatic rings. The standard InChI is InChI=1S/C20H15N3O4S2/c1-22-8-2-3-14(22)10-16-19(26)23(20(28)29-16)11-17(24)21-13-5-6-15-12(9-13)4-7-18(25)27-15/h2-10H,11H2,1H3,(H,21,24). The topological polar surface area (TPSA) is 84.6 Å². The molecular formula is C20H15N3O4S2. The van der Waals surface area contributed by atoms with Crippen molar-refractivity contribution in [2.75, 3.05) is 11.9 Å². The van der Waals surface area contributed by atoms with Gasteiger partial charge in [0.1, 0.15) is 16.4 Å². The average Bonchev–Trinajstić information content (AvgIpc) is 3.20. The Morgan fingerprint density at radius 1 is 1.24 bits per heavy atom. The maximum absolute atomic E-state index is 12.7. The number of carbonyl (C=O) groups is 2. The number of thioether (sulfide) groups is 1. The van der Waals surface area contributed by atoms with E-state index in [0.717, 1.165) is 5.69 Å². The van der Waals surface area contributed by atoms with Crippen molar-refractivity contribution in [3.63, 3.8) is 0 Å². The summed E-state index contributed by atoms with van der Waals surface area (Å²) in [5, 5.41) is 3.42. The fraction of sp³-hybridized carbons (Fsp3) is 0.100. The molecule has 1 aromatic carbocycles. The summed E-state index contributed by atoms with van der Waals surface area (Å²) in [6.45, 7) is -0.183. The lowest BCUT2D eigenvalue weighted by Crippen LogP contribution is -2.36. The molecule has 0 radical (unpaired) electrons. The molecule has 9 heteroatoms. The summed E-state index contributed by atoms with van der Waals surface area (Å²) in [7, 11) is 1.88. The summed E-state index contributed by atoms with van der Waals surface area (Å²) in [5.41, 5.74) is 1.39. The van der Waals surface area contributed by atoms with Gasteiger partial charge in [-0.3, -0.25) is 14.5 Å². The molecule has 1 aliphatic heterocycles. The lowest BCUT2D eigenvalue weighted by molar-refractivity contribution is -0.126. The molecule has 0 saturated carbocycles. The van der Waals surface area contributed by atoms with Crippen LogP contribution in [0, 0.1) is 0 Å². The van der Waals surface area contributed by atoms with Crippen LogP contribution in [0.25, 0.3) is 17.0 Å². The van der Waals surface area contributed by atoms with Gasteiger partial charge in [-0.05, 0) is 42.5 Å². The minimum atomic E-state index is -0.438. The van der Waals surface area contributed by atoms with Crippen molar-refractivity contribution in [1.29, 1.82) is 0 Å². The number of carbonyl (C=O) groups excluding carboxylic acids is 2. The first-order chi connectivity index (χ1) is 13.9. The van der Waals surface area contributed by atoms with Crippen LogP contribution in [0.4, 0.5) is 5.69 Å². The SMILES string of the molecule is Cn1cccc1C=C1SC(=S)N(CC(=O)Nc2ccc3oc(=O)ccc3c2)C1=O. The van der Waals surface area contributed by atoms with Crippen molar-refractivity contribution < 1.29 is 14.0 Å². The Balaban J connectivity index is 1.47. The van der Waals surface area contributed by atoms with Gasteiger partial charge in [0.15, 0.2) is 0 Å². The summed E-state index contributed by atoms with van der Waals surface area (Å²) in [5.74, 6) is -0.671. The van der Waals surface area contributed by atoms with Gasteiger partial charge in [0, 0.05) is 36.1 Å². The monoisotopic (exact) mass is 425 g/mol. The third-order valence-corrected chi connectivity index (χ3v) is 5.72. The molecule has 146 valence electrons. The number of aromatic nitrogens is 1. The highest BCUT2D eigenvalue weighted by Crippen LogP contribution is 2.32. The largest absolute Gasteiger partial charge is 0.423 e. The first kappa shape index (κ1) is 19.2. The number of benzene rings is 1. The number of hydrogen-bond donors (Lipinski definition) is 1. The van der Waals surface area contributed by atoms with E-state index in [0.29, 0.717) is 25.9 Å². The predicted octanol–water partition coefficient (Wildman–Crippen LogP) is 2.97. The maximum Gasteiger partial charge on any atom is 0.336 e. The van der Waals surface area contributed by atoms with Crippen molar-refractivity contribution in [3.05, 3.63) is 69.7 Å². The van der Waals surface area contributed by atoms with Gasteiger partial charge < -0.3 is 14.3 Å². The van der Waals surface area contributed by atoms with E-state index in [2.05, 4.69) is 5.32 Å². The van der Waals surface area contributed by atoms with Crippen molar-refractivity contribution in [2.24, 2.45) is 7.05 Å². The van der Waals surface area contributed by atoms with Crippen LogP contribution in [0.5, 0.6) is 0 Å². The second-order valence-electron chi connectivity index (χ2n) is 6.37. The maximum atomic E-state index is 12.7. The van der Waals surface area contributed by atoms with Crippen LogP contribution in [0.3, 0.4) is 0 Å². The third kappa shape index (κ3) is 4.01. The van der Waals surface area contributed by atoms with Gasteiger partial charge in [-0.15, -0.1) is 0 Å². The highest BCUT2D eigenvalue weighted by molar-refractivity contribution is 8.26. The number of hydrogen-bond acceptors (Lipinski definition) is 6. The number of nitrogens with zero attached hydrogens (tertiary/aromatic N) is 2. The second kappa shape index (κ2) is 7.69. The lowest BCUT2D eigenvalue weighted by atomic mass is 10.2. The molecule has 7 nitrogen and oxygen atoms in total. The number of fused-ring (bicyclic) bond motifs is 1. The first-order valence-electron chi connectivity index (χ1n) is 8.61. The smallest absolute Gasteiger partial charge is 0.336 e. The quantitative estimate of drug-likeness (QED) is 0.393. The normalized spacial score (nSPS) is 15.5. The van der Waals surface area contributed by atoms with E-state index in [9.17, 15) is 14.4 Å². The number of amides is 2. The molecule has 2 aromatic heterocycles. The molecule has 0 aliphatic carbocycles. The zero-order valence-corrected chi connectivity index (χ0v) is 16.9. The summed E-state index contributed by atoms with van der Waals surface area (Å²) in [4.78, 5) is 38.1. The molecule has 0 unspecified atom stereocenters. The average molecular weight is 425 g/mol. The van der Waals surface area contributed by atoms with Crippen molar-refractivity contribution in [2.45, 2.75) is 0 Å². The van der Waals surface area contributed by atoms with Crippen LogP contribution in [-0.4, -0.2) is 32.1 Å². The first-order valence-corrected chi connectivity index (χ1v) is 9.84. The van der Waals surface area contributed by atoms with E-state index >= 15 is 0 Å². The Morgan fingerprint density at radius 2 is 2.07 bits per heavy atom. The second-order valence-corrected chi connectivity index (χ2v) is 8.04. The molecule has 0 bridgehead atoms. The van der Waals surface area contributed by atoms with Gasteiger partial charge in [0.2, 0.25) is 5.91 Å². The molecule has 4 rings (SSSR count). The van der Waals surface area contributed by atoms with E-state index < -0.39 is 5.63 Å². The molecule has 3 aromatic rings. The molecule has 0 spiro atoms. The number of thiocarbonyl (C=S) groups is 1. The zero-order valence-electron chi connectivity index (χ0n) is 15.2. The predicted molar refractivity (Wildman–Crippen MR) is 116 cm³/mol. The zero-order chi connectivity index (χ0) is 20.5. The van der Waals surface area contributed by atoms with Crippen molar-refractivity contribution >= 4 is 62.8 Å². The van der Waals surface area contributed by atoms with Gasteiger partial charge in [0.25, 0.3) is 5.91 Å². The van der Waals surface area contributed by atoms with Crippen LogP contribution >= 0.6 is 24.0 Å². The van der Waals surface area contributed by atoms with Gasteiger partial charge in [0.05, 0.1) is 4.91 Å². The number of nitrogens with one attached hydrogen (secondary N) is 1. The molecule has 29 heavy (non-hydrogen) atoms. The number of rotatable bonds is 4. The van der Waals surface area contributed by atoms with Crippen LogP contribution in [-0.2, 0) is 16.6 Å². The van der Waals surface area contributed by atoms with Crippen LogP contribution in [0.2, 0.25) is 0 Å². The minimum absolute atomic E-state index is 0.183. The van der Waals surface area contributed by atoms with Crippen molar-refractivity contribution in [3.8, 4) is 0 Å². The fourth-order valence-corrected chi connectivity index (χ4v) is 4.13. The Bertz CT molecular complexity index is 1240. The Labute approximate surface area is 175 Å². The molecule has 1 saturated heterocycles. The molecule has 1 N–H and O–H groups in total. The molecule has 1 fully saturated rings. The van der Waals surface area contributed by atoms with Crippen LogP contribution < -0.4 is 10.9 Å². The van der Waals surface area contributed by atoms with E-state index in [1.807, 2.05) is 29.9 Å². The Hall–Kier alpha value is -3.17. The summed E-state index contributed by atoms with van der Waals surface area (Å²) >= 11 is 6.45. The lowest BCUT2D eigenvalue weighted by Gasteiger charge is -2.14. The summed E-state index contributed by atoms with van der Waals surface area (Å²) in [6.07, 6.45) is 3.64. The van der Waals surface area contributed by atoms with E-state index in [-0.39, 0.29) is 18.4 Å². The summed E-state index contributed by atoms with van der Waals surface area (Å²) < 4.78 is 7.30. The Kier molecular flexibility index (Phi) is 5.08. The van der Waals surface area contributed by atoms with Gasteiger partial charge in [-0.2, -0.15) is 0 Å². The molecular weight excluding hydrogens is 410 g/mol. The number of anilines is 1. The minimum Gasteiger partial charge on any atom is -0.423 e. The number of aryl methyl sites for hydroxylation is 1. The summed E-state index contributed by atoms with van der Waals surface area (Å²) in [6, 6.07) is 11.6. The van der Waals surface area contributed by atoms with E-state index in [4.69, 9.17) is 16.6 Å². The van der Waals surface area contributed by atoms with Crippen LogP contribution in [0.15, 0.2) is 62.8 Å². The van der Waals surface area contributed by atoms with Gasteiger partial charge in [-0.25, -0.2) is 4.79 Å². The fourth-order valence-electron chi connectivity index (χ4n) is 2.89. The highest BCUT2D eigenvalue weighted by atomic mass is 32.2. The molecule has 3 heterocycles. The van der Waals surface area contributed by atoms with Crippen molar-refractivity contribution in [1.82, 2.24) is 9.47 Å². The van der Waals surface area contributed by atoms with Crippen LogP contribution in [0.1, 0.15) is 5.69 Å². The van der Waals surface area contributed by atoms with Gasteiger partial charge >= 0.3 is 5.63 Å².